The molecule has 0 fully saturated rings. The molecule has 0 saturated heterocycles. The summed E-state index contributed by atoms with van der Waals surface area (Å²) in [7, 11) is 0. The maximum absolute atomic E-state index is 13.0. The van der Waals surface area contributed by atoms with Gasteiger partial charge >= 0.3 is 0 Å². The molecule has 0 saturated carbocycles. The highest BCUT2D eigenvalue weighted by Crippen LogP contribution is 2.32. The number of benzene rings is 2. The van der Waals surface area contributed by atoms with Gasteiger partial charge in [0.25, 0.3) is 0 Å². The summed E-state index contributed by atoms with van der Waals surface area (Å²) < 4.78 is 36.5. The summed E-state index contributed by atoms with van der Waals surface area (Å²) >= 11 is 0. The Labute approximate surface area is 125 Å². The molecule has 4 nitrogen and oxygen atoms in total. The van der Waals surface area contributed by atoms with Gasteiger partial charge in [-0.25, -0.2) is 8.78 Å². The van der Waals surface area contributed by atoms with Crippen molar-refractivity contribution in [3.8, 4) is 11.5 Å². The minimum absolute atomic E-state index is 0.0536. The number of nitrogens with one attached hydrogen (secondary N) is 1. The quantitative estimate of drug-likeness (QED) is 0.885. The SMILES string of the molecule is O=C(/C=C/c1ccc2c(c1)OCO2)Nc1cc(F)cc(F)c1. The van der Waals surface area contributed by atoms with Crippen LogP contribution in [0.4, 0.5) is 14.5 Å². The van der Waals surface area contributed by atoms with Crippen molar-refractivity contribution in [3.63, 3.8) is 0 Å². The van der Waals surface area contributed by atoms with Crippen LogP contribution in [0.3, 0.4) is 0 Å². The minimum Gasteiger partial charge on any atom is -0.454 e. The molecule has 1 aliphatic rings. The molecule has 1 amide bonds. The van der Waals surface area contributed by atoms with Crippen molar-refractivity contribution in [3.05, 3.63) is 59.7 Å². The first-order valence-electron chi connectivity index (χ1n) is 6.45. The third-order valence-electron chi connectivity index (χ3n) is 2.95. The second-order valence-corrected chi connectivity index (χ2v) is 4.59. The minimum atomic E-state index is -0.755. The zero-order valence-electron chi connectivity index (χ0n) is 11.3. The highest BCUT2D eigenvalue weighted by Gasteiger charge is 2.12. The molecule has 0 aliphatic carbocycles. The van der Waals surface area contributed by atoms with E-state index < -0.39 is 17.5 Å². The number of anilines is 1. The molecule has 1 heterocycles. The molecule has 0 spiro atoms. The topological polar surface area (TPSA) is 47.6 Å². The third-order valence-corrected chi connectivity index (χ3v) is 2.95. The van der Waals surface area contributed by atoms with Gasteiger partial charge in [0.1, 0.15) is 11.6 Å². The second kappa shape index (κ2) is 5.85. The van der Waals surface area contributed by atoms with Crippen LogP contribution in [0.1, 0.15) is 5.56 Å². The van der Waals surface area contributed by atoms with Crippen LogP contribution in [0.25, 0.3) is 6.08 Å². The maximum atomic E-state index is 13.0. The summed E-state index contributed by atoms with van der Waals surface area (Å²) in [5.74, 6) is -0.751. The van der Waals surface area contributed by atoms with Gasteiger partial charge < -0.3 is 14.8 Å². The fourth-order valence-corrected chi connectivity index (χ4v) is 2.00. The van der Waals surface area contributed by atoms with Gasteiger partial charge in [-0.15, -0.1) is 0 Å². The highest BCUT2D eigenvalue weighted by atomic mass is 19.1. The molecule has 0 aromatic heterocycles. The Morgan fingerprint density at radius 1 is 1.05 bits per heavy atom. The number of rotatable bonds is 3. The van der Waals surface area contributed by atoms with Crippen molar-refractivity contribution in [2.75, 3.05) is 12.1 Å². The largest absolute Gasteiger partial charge is 0.454 e. The van der Waals surface area contributed by atoms with Crippen molar-refractivity contribution in [2.24, 2.45) is 0 Å². The molecule has 22 heavy (non-hydrogen) atoms. The zero-order valence-corrected chi connectivity index (χ0v) is 11.3. The summed E-state index contributed by atoms with van der Waals surface area (Å²) in [4.78, 5) is 11.7. The summed E-state index contributed by atoms with van der Waals surface area (Å²) in [6, 6.07) is 8.04. The van der Waals surface area contributed by atoms with Crippen LogP contribution in [-0.2, 0) is 4.79 Å². The van der Waals surface area contributed by atoms with Gasteiger partial charge in [-0.05, 0) is 35.9 Å². The van der Waals surface area contributed by atoms with E-state index in [1.54, 1.807) is 24.3 Å². The predicted octanol–water partition coefficient (Wildman–Crippen LogP) is 3.35. The van der Waals surface area contributed by atoms with Crippen molar-refractivity contribution < 1.29 is 23.0 Å². The van der Waals surface area contributed by atoms with Crippen LogP contribution < -0.4 is 14.8 Å². The average Bonchev–Trinajstić information content (AvgIpc) is 2.91. The Morgan fingerprint density at radius 2 is 1.77 bits per heavy atom. The molecule has 112 valence electrons. The number of ether oxygens (including phenoxy) is 2. The van der Waals surface area contributed by atoms with Crippen LogP contribution >= 0.6 is 0 Å². The molecule has 0 unspecified atom stereocenters. The Bertz CT molecular complexity index is 739. The lowest BCUT2D eigenvalue weighted by atomic mass is 10.2. The van der Waals surface area contributed by atoms with Crippen LogP contribution in [0.5, 0.6) is 11.5 Å². The molecule has 6 heteroatoms. The van der Waals surface area contributed by atoms with E-state index in [1.807, 2.05) is 0 Å². The van der Waals surface area contributed by atoms with Crippen LogP contribution in [0.15, 0.2) is 42.5 Å². The van der Waals surface area contributed by atoms with E-state index in [-0.39, 0.29) is 12.5 Å². The van der Waals surface area contributed by atoms with Crippen LogP contribution in [0, 0.1) is 11.6 Å². The van der Waals surface area contributed by atoms with E-state index >= 15 is 0 Å². The first-order chi connectivity index (χ1) is 10.6. The van der Waals surface area contributed by atoms with Crippen molar-refractivity contribution in [1.82, 2.24) is 0 Å². The fraction of sp³-hybridized carbons (Fsp3) is 0.0625. The predicted molar refractivity (Wildman–Crippen MR) is 76.6 cm³/mol. The molecule has 1 N–H and O–H groups in total. The monoisotopic (exact) mass is 303 g/mol. The van der Waals surface area contributed by atoms with Crippen molar-refractivity contribution in [2.45, 2.75) is 0 Å². The van der Waals surface area contributed by atoms with E-state index in [9.17, 15) is 13.6 Å². The second-order valence-electron chi connectivity index (χ2n) is 4.59. The Morgan fingerprint density at radius 3 is 2.55 bits per heavy atom. The normalized spacial score (nSPS) is 12.6. The Kier molecular flexibility index (Phi) is 3.74. The van der Waals surface area contributed by atoms with E-state index in [2.05, 4.69) is 5.32 Å². The van der Waals surface area contributed by atoms with E-state index in [4.69, 9.17) is 9.47 Å². The van der Waals surface area contributed by atoms with Gasteiger partial charge in [-0.3, -0.25) is 4.79 Å². The number of fused-ring (bicyclic) bond motifs is 1. The summed E-state index contributed by atoms with van der Waals surface area (Å²) in [5, 5.41) is 2.38. The lowest BCUT2D eigenvalue weighted by molar-refractivity contribution is -0.111. The van der Waals surface area contributed by atoms with Crippen LogP contribution in [0.2, 0.25) is 0 Å². The average molecular weight is 303 g/mol. The molecule has 1 aliphatic heterocycles. The van der Waals surface area contributed by atoms with Gasteiger partial charge in [0.2, 0.25) is 12.7 Å². The first-order valence-corrected chi connectivity index (χ1v) is 6.45. The molecular formula is C16H11F2NO3. The van der Waals surface area contributed by atoms with Gasteiger partial charge in [0.05, 0.1) is 0 Å². The fourth-order valence-electron chi connectivity index (χ4n) is 2.00. The van der Waals surface area contributed by atoms with Crippen LogP contribution in [-0.4, -0.2) is 12.7 Å². The molecule has 0 bridgehead atoms. The third kappa shape index (κ3) is 3.22. The van der Waals surface area contributed by atoms with Crippen molar-refractivity contribution >= 4 is 17.7 Å². The Hall–Kier alpha value is -2.89. The first kappa shape index (κ1) is 14.1. The van der Waals surface area contributed by atoms with E-state index in [0.29, 0.717) is 11.5 Å². The molecule has 2 aromatic carbocycles. The number of carbonyl (C=O) groups excluding carboxylic acids is 1. The highest BCUT2D eigenvalue weighted by molar-refractivity contribution is 6.01. The maximum Gasteiger partial charge on any atom is 0.248 e. The summed E-state index contributed by atoms with van der Waals surface area (Å²) in [5.41, 5.74) is 0.794. The molecule has 0 radical (unpaired) electrons. The zero-order chi connectivity index (χ0) is 15.5. The lowest BCUT2D eigenvalue weighted by Gasteiger charge is -2.02. The van der Waals surface area contributed by atoms with E-state index in [0.717, 1.165) is 23.8 Å². The number of halogens is 2. The lowest BCUT2D eigenvalue weighted by Crippen LogP contribution is -2.08. The summed E-state index contributed by atoms with van der Waals surface area (Å²) in [6.45, 7) is 0.175. The summed E-state index contributed by atoms with van der Waals surface area (Å²) in [6.07, 6.45) is 2.83. The number of hydrogen-bond donors (Lipinski definition) is 1. The standard InChI is InChI=1S/C16H11F2NO3/c17-11-6-12(18)8-13(7-11)19-16(20)4-2-10-1-3-14-15(5-10)22-9-21-14/h1-8H,9H2,(H,19,20)/b4-2+. The van der Waals surface area contributed by atoms with Crippen molar-refractivity contribution in [1.29, 1.82) is 0 Å². The molecule has 0 atom stereocenters. The van der Waals surface area contributed by atoms with Gasteiger partial charge in [-0.1, -0.05) is 6.07 Å². The van der Waals surface area contributed by atoms with Gasteiger partial charge in [0.15, 0.2) is 11.5 Å². The van der Waals surface area contributed by atoms with Gasteiger partial charge in [-0.2, -0.15) is 0 Å². The number of carbonyl (C=O) groups is 1. The molecule has 3 rings (SSSR count). The van der Waals surface area contributed by atoms with Gasteiger partial charge in [0, 0.05) is 17.8 Å². The molecular weight excluding hydrogens is 292 g/mol. The number of hydrogen-bond acceptors (Lipinski definition) is 3. The molecule has 2 aromatic rings. The van der Waals surface area contributed by atoms with E-state index in [1.165, 1.54) is 6.08 Å². The smallest absolute Gasteiger partial charge is 0.248 e. The number of amides is 1. The Balaban J connectivity index is 1.68.